The lowest BCUT2D eigenvalue weighted by Gasteiger charge is -2.31. The zero-order valence-electron chi connectivity index (χ0n) is 10.6. The van der Waals surface area contributed by atoms with Crippen molar-refractivity contribution >= 4 is 21.8 Å². The number of morpholine rings is 1. The number of fused-ring (bicyclic) bond motifs is 1. The summed E-state index contributed by atoms with van der Waals surface area (Å²) in [5.74, 6) is 0.793. The first-order valence-corrected chi connectivity index (χ1v) is 6.97. The third-order valence-electron chi connectivity index (χ3n) is 3.57. The van der Waals surface area contributed by atoms with E-state index in [0.717, 1.165) is 22.3 Å². The van der Waals surface area contributed by atoms with Crippen LogP contribution in [-0.4, -0.2) is 43.7 Å². The molecule has 3 rings (SSSR count). The van der Waals surface area contributed by atoms with Crippen molar-refractivity contribution < 1.29 is 14.3 Å². The van der Waals surface area contributed by atoms with Crippen molar-refractivity contribution in [1.29, 1.82) is 0 Å². The van der Waals surface area contributed by atoms with Crippen LogP contribution in [0.2, 0.25) is 0 Å². The number of carbonyl (C=O) groups is 1. The van der Waals surface area contributed by atoms with Gasteiger partial charge in [0.25, 0.3) is 0 Å². The fourth-order valence-corrected chi connectivity index (χ4v) is 2.97. The highest BCUT2D eigenvalue weighted by Crippen LogP contribution is 2.35. The third kappa shape index (κ3) is 2.24. The van der Waals surface area contributed by atoms with Gasteiger partial charge >= 0.3 is 0 Å². The van der Waals surface area contributed by atoms with Crippen molar-refractivity contribution in [2.45, 2.75) is 12.2 Å². The molecule has 2 fully saturated rings. The maximum Gasteiger partial charge on any atom is 0.241 e. The van der Waals surface area contributed by atoms with E-state index >= 15 is 0 Å². The molecule has 1 aromatic carbocycles. The first-order valence-electron chi connectivity index (χ1n) is 6.18. The Hall–Kier alpha value is -1.11. The number of methoxy groups -OCH3 is 1. The zero-order valence-corrected chi connectivity index (χ0v) is 12.1. The van der Waals surface area contributed by atoms with E-state index in [4.69, 9.17) is 9.47 Å². The Labute approximate surface area is 120 Å². The summed E-state index contributed by atoms with van der Waals surface area (Å²) in [7, 11) is 1.64. The first kappa shape index (κ1) is 12.9. The molecule has 2 saturated heterocycles. The number of carbonyl (C=O) groups excluding carboxylic acids is 1. The molecule has 19 heavy (non-hydrogen) atoms. The molecular weight excluding hydrogens is 312 g/mol. The fraction of sp³-hybridized carbons (Fsp3) is 0.462. The summed E-state index contributed by atoms with van der Waals surface area (Å²) in [4.78, 5) is 14.1. The van der Waals surface area contributed by atoms with Crippen molar-refractivity contribution in [3.05, 3.63) is 28.2 Å². The van der Waals surface area contributed by atoms with Gasteiger partial charge in [-0.25, -0.2) is 0 Å². The smallest absolute Gasteiger partial charge is 0.241 e. The molecule has 0 radical (unpaired) electrons. The van der Waals surface area contributed by atoms with Crippen LogP contribution in [0, 0.1) is 0 Å². The van der Waals surface area contributed by atoms with Crippen LogP contribution in [0.25, 0.3) is 0 Å². The Morgan fingerprint density at radius 2 is 2.37 bits per heavy atom. The van der Waals surface area contributed by atoms with Crippen molar-refractivity contribution in [3.63, 3.8) is 0 Å². The number of benzene rings is 1. The summed E-state index contributed by atoms with van der Waals surface area (Å²) in [6.07, 6.45) is -0.135. The van der Waals surface area contributed by atoms with Gasteiger partial charge in [-0.05, 0) is 12.1 Å². The standard InChI is InChI=1S/C13H15BrN2O3/c1-18-11-6-8(14)2-3-9(11)12-15-13(17)10-7-19-5-4-16(10)12/h2-3,6,10,12H,4-5,7H2,1H3,(H,15,17)/t10-,12+/m1/s1. The summed E-state index contributed by atoms with van der Waals surface area (Å²) in [5.41, 5.74) is 0.975. The van der Waals surface area contributed by atoms with Gasteiger partial charge in [0.15, 0.2) is 0 Å². The van der Waals surface area contributed by atoms with E-state index in [1.807, 2.05) is 18.2 Å². The molecule has 102 valence electrons. The molecule has 6 heteroatoms. The SMILES string of the molecule is COc1cc(Br)ccc1[C@H]1NC(=O)[C@H]2COCCN21. The molecule has 0 aliphatic carbocycles. The maximum absolute atomic E-state index is 12.0. The molecule has 5 nitrogen and oxygen atoms in total. The van der Waals surface area contributed by atoms with Crippen molar-refractivity contribution in [3.8, 4) is 5.75 Å². The molecule has 2 aliphatic heterocycles. The van der Waals surface area contributed by atoms with Crippen LogP contribution in [0.3, 0.4) is 0 Å². The van der Waals surface area contributed by atoms with Crippen LogP contribution >= 0.6 is 15.9 Å². The number of hydrogen-bond acceptors (Lipinski definition) is 4. The van der Waals surface area contributed by atoms with Crippen LogP contribution in [0.15, 0.2) is 22.7 Å². The summed E-state index contributed by atoms with van der Waals surface area (Å²) in [6, 6.07) is 5.66. The average Bonchev–Trinajstić information content (AvgIpc) is 2.76. The molecule has 0 unspecified atom stereocenters. The third-order valence-corrected chi connectivity index (χ3v) is 4.07. The largest absolute Gasteiger partial charge is 0.496 e. The van der Waals surface area contributed by atoms with Crippen molar-refractivity contribution in [2.24, 2.45) is 0 Å². The second-order valence-electron chi connectivity index (χ2n) is 4.63. The summed E-state index contributed by atoms with van der Waals surface area (Å²) >= 11 is 3.43. The molecule has 0 aromatic heterocycles. The predicted molar refractivity (Wildman–Crippen MR) is 72.9 cm³/mol. The number of amides is 1. The summed E-state index contributed by atoms with van der Waals surface area (Å²) in [6.45, 7) is 1.86. The first-order chi connectivity index (χ1) is 9.20. The Morgan fingerprint density at radius 3 is 3.16 bits per heavy atom. The van der Waals surface area contributed by atoms with Gasteiger partial charge in [0, 0.05) is 16.6 Å². The van der Waals surface area contributed by atoms with Crippen LogP contribution in [-0.2, 0) is 9.53 Å². The predicted octanol–water partition coefficient (Wildman–Crippen LogP) is 1.29. The van der Waals surface area contributed by atoms with E-state index < -0.39 is 0 Å². The van der Waals surface area contributed by atoms with Crippen LogP contribution in [0.5, 0.6) is 5.75 Å². The molecule has 0 spiro atoms. The molecular formula is C13H15BrN2O3. The number of hydrogen-bond donors (Lipinski definition) is 1. The Morgan fingerprint density at radius 1 is 1.53 bits per heavy atom. The van der Waals surface area contributed by atoms with Gasteiger partial charge in [0.05, 0.1) is 20.3 Å². The van der Waals surface area contributed by atoms with Gasteiger partial charge in [-0.3, -0.25) is 9.69 Å². The number of ether oxygens (including phenoxy) is 2. The lowest BCUT2D eigenvalue weighted by atomic mass is 10.1. The minimum absolute atomic E-state index is 0.0228. The highest BCUT2D eigenvalue weighted by Gasteiger charge is 2.43. The highest BCUT2D eigenvalue weighted by atomic mass is 79.9. The van der Waals surface area contributed by atoms with Gasteiger partial charge < -0.3 is 14.8 Å². The van der Waals surface area contributed by atoms with E-state index in [-0.39, 0.29) is 18.1 Å². The van der Waals surface area contributed by atoms with Crippen molar-refractivity contribution in [2.75, 3.05) is 26.9 Å². The van der Waals surface area contributed by atoms with Gasteiger partial charge in [0.2, 0.25) is 5.91 Å². The number of halogens is 1. The van der Waals surface area contributed by atoms with Crippen LogP contribution in [0.1, 0.15) is 11.7 Å². The Bertz CT molecular complexity index is 509. The molecule has 1 aromatic rings. The van der Waals surface area contributed by atoms with E-state index in [1.165, 1.54) is 0 Å². The lowest BCUT2D eigenvalue weighted by Crippen LogP contribution is -2.44. The summed E-state index contributed by atoms with van der Waals surface area (Å²) in [5, 5.41) is 3.02. The molecule has 2 atom stereocenters. The summed E-state index contributed by atoms with van der Waals surface area (Å²) < 4.78 is 11.7. The molecule has 1 N–H and O–H groups in total. The van der Waals surface area contributed by atoms with E-state index in [0.29, 0.717) is 13.2 Å². The minimum Gasteiger partial charge on any atom is -0.496 e. The second-order valence-corrected chi connectivity index (χ2v) is 5.54. The maximum atomic E-state index is 12.0. The number of nitrogens with one attached hydrogen (secondary N) is 1. The Kier molecular flexibility index (Phi) is 3.47. The van der Waals surface area contributed by atoms with Gasteiger partial charge in [-0.1, -0.05) is 22.0 Å². The second kappa shape index (κ2) is 5.11. The molecule has 2 aliphatic rings. The van der Waals surface area contributed by atoms with Crippen LogP contribution < -0.4 is 10.1 Å². The molecule has 0 saturated carbocycles. The molecule has 0 bridgehead atoms. The van der Waals surface area contributed by atoms with E-state index in [1.54, 1.807) is 7.11 Å². The Balaban J connectivity index is 1.95. The fourth-order valence-electron chi connectivity index (χ4n) is 2.63. The van der Waals surface area contributed by atoms with E-state index in [9.17, 15) is 4.79 Å². The molecule has 1 amide bonds. The quantitative estimate of drug-likeness (QED) is 0.889. The average molecular weight is 327 g/mol. The van der Waals surface area contributed by atoms with Crippen LogP contribution in [0.4, 0.5) is 0 Å². The highest BCUT2D eigenvalue weighted by molar-refractivity contribution is 9.10. The molecule has 2 heterocycles. The van der Waals surface area contributed by atoms with Gasteiger partial charge in [-0.2, -0.15) is 0 Å². The van der Waals surface area contributed by atoms with E-state index in [2.05, 4.69) is 26.1 Å². The lowest BCUT2D eigenvalue weighted by molar-refractivity contribution is -0.125. The normalized spacial score (nSPS) is 26.9. The topological polar surface area (TPSA) is 50.8 Å². The number of rotatable bonds is 2. The van der Waals surface area contributed by atoms with Gasteiger partial charge in [-0.15, -0.1) is 0 Å². The minimum atomic E-state index is -0.188. The monoisotopic (exact) mass is 326 g/mol. The van der Waals surface area contributed by atoms with Crippen molar-refractivity contribution in [1.82, 2.24) is 10.2 Å². The van der Waals surface area contributed by atoms with Gasteiger partial charge in [0.1, 0.15) is 18.0 Å². The number of nitrogens with zero attached hydrogens (tertiary/aromatic N) is 1. The zero-order chi connectivity index (χ0) is 13.4.